The van der Waals surface area contributed by atoms with Crippen LogP contribution in [0, 0.1) is 0 Å². The van der Waals surface area contributed by atoms with E-state index in [1.165, 1.54) is 6.33 Å². The molecule has 8 heteroatoms. The summed E-state index contributed by atoms with van der Waals surface area (Å²) in [6, 6.07) is 9.70. The summed E-state index contributed by atoms with van der Waals surface area (Å²) in [7, 11) is 1.64. The van der Waals surface area contributed by atoms with Crippen LogP contribution in [0.5, 0.6) is 0 Å². The van der Waals surface area contributed by atoms with E-state index in [0.29, 0.717) is 24.7 Å². The fourth-order valence-electron chi connectivity index (χ4n) is 2.86. The van der Waals surface area contributed by atoms with Gasteiger partial charge in [0.2, 0.25) is 0 Å². The van der Waals surface area contributed by atoms with E-state index in [0.717, 1.165) is 44.1 Å². The SMILES string of the molecule is COCCCNC(=O)c1cc(Nc2ccccc2N2CCOCC2)ncn1. The van der Waals surface area contributed by atoms with Crippen LogP contribution >= 0.6 is 0 Å². The van der Waals surface area contributed by atoms with Crippen molar-refractivity contribution < 1.29 is 14.3 Å². The van der Waals surface area contributed by atoms with Crippen molar-refractivity contribution in [2.45, 2.75) is 6.42 Å². The maximum Gasteiger partial charge on any atom is 0.270 e. The first-order chi connectivity index (χ1) is 13.3. The first kappa shape index (κ1) is 19.1. The largest absolute Gasteiger partial charge is 0.385 e. The van der Waals surface area contributed by atoms with Crippen molar-refractivity contribution in [2.24, 2.45) is 0 Å². The molecule has 0 aliphatic carbocycles. The van der Waals surface area contributed by atoms with Gasteiger partial charge < -0.3 is 25.0 Å². The average Bonchev–Trinajstić information content (AvgIpc) is 2.72. The quantitative estimate of drug-likeness (QED) is 0.684. The van der Waals surface area contributed by atoms with Crippen LogP contribution in [0.2, 0.25) is 0 Å². The molecule has 1 saturated heterocycles. The van der Waals surface area contributed by atoms with Gasteiger partial charge in [0.1, 0.15) is 17.8 Å². The number of benzene rings is 1. The molecule has 1 aliphatic rings. The molecule has 1 aliphatic heterocycles. The molecule has 2 aromatic rings. The number of amides is 1. The van der Waals surface area contributed by atoms with Gasteiger partial charge in [-0.1, -0.05) is 12.1 Å². The molecule has 1 amide bonds. The molecule has 1 aromatic carbocycles. The first-order valence-corrected chi connectivity index (χ1v) is 9.06. The van der Waals surface area contributed by atoms with Crippen molar-refractivity contribution in [1.29, 1.82) is 0 Å². The Hall–Kier alpha value is -2.71. The average molecular weight is 371 g/mol. The minimum atomic E-state index is -0.224. The molecule has 0 saturated carbocycles. The zero-order valence-electron chi connectivity index (χ0n) is 15.5. The van der Waals surface area contributed by atoms with Crippen LogP contribution in [0.3, 0.4) is 0 Å². The highest BCUT2D eigenvalue weighted by Crippen LogP contribution is 2.28. The van der Waals surface area contributed by atoms with Gasteiger partial charge >= 0.3 is 0 Å². The number of ether oxygens (including phenoxy) is 2. The highest BCUT2D eigenvalue weighted by molar-refractivity contribution is 5.93. The van der Waals surface area contributed by atoms with Crippen LogP contribution < -0.4 is 15.5 Å². The van der Waals surface area contributed by atoms with Crippen LogP contribution in [-0.2, 0) is 9.47 Å². The van der Waals surface area contributed by atoms with Crippen molar-refractivity contribution in [1.82, 2.24) is 15.3 Å². The Kier molecular flexibility index (Phi) is 6.95. The Labute approximate surface area is 158 Å². The van der Waals surface area contributed by atoms with Gasteiger partial charge in [-0.15, -0.1) is 0 Å². The third-order valence-electron chi connectivity index (χ3n) is 4.23. The normalized spacial score (nSPS) is 14.0. The fourth-order valence-corrected chi connectivity index (χ4v) is 2.86. The van der Waals surface area contributed by atoms with Crippen molar-refractivity contribution in [3.05, 3.63) is 42.4 Å². The number of nitrogens with one attached hydrogen (secondary N) is 2. The van der Waals surface area contributed by atoms with Crippen molar-refractivity contribution in [2.75, 3.05) is 56.8 Å². The standard InChI is InChI=1S/C19H25N5O3/c1-26-10-4-7-20-19(25)16-13-18(22-14-21-16)23-15-5-2-3-6-17(15)24-8-11-27-12-9-24/h2-3,5-6,13-14H,4,7-12H2,1H3,(H,20,25)(H,21,22,23). The molecule has 2 heterocycles. The first-order valence-electron chi connectivity index (χ1n) is 9.06. The van der Waals surface area contributed by atoms with Gasteiger partial charge in [-0.05, 0) is 18.6 Å². The third kappa shape index (κ3) is 5.38. The molecule has 0 radical (unpaired) electrons. The number of methoxy groups -OCH3 is 1. The van der Waals surface area contributed by atoms with Crippen LogP contribution in [0.15, 0.2) is 36.7 Å². The number of para-hydroxylation sites is 2. The molecule has 1 fully saturated rings. The Morgan fingerprint density at radius 1 is 1.26 bits per heavy atom. The van der Waals surface area contributed by atoms with Crippen LogP contribution in [0.25, 0.3) is 0 Å². The molecule has 27 heavy (non-hydrogen) atoms. The van der Waals surface area contributed by atoms with Crippen molar-refractivity contribution in [3.63, 3.8) is 0 Å². The second kappa shape index (κ2) is 9.84. The van der Waals surface area contributed by atoms with E-state index in [1.54, 1.807) is 13.2 Å². The van der Waals surface area contributed by atoms with Gasteiger partial charge in [0.15, 0.2) is 0 Å². The molecule has 0 unspecified atom stereocenters. The summed E-state index contributed by atoms with van der Waals surface area (Å²) in [6.07, 6.45) is 2.15. The minimum Gasteiger partial charge on any atom is -0.385 e. The smallest absolute Gasteiger partial charge is 0.270 e. The zero-order valence-corrected chi connectivity index (χ0v) is 15.5. The van der Waals surface area contributed by atoms with E-state index in [-0.39, 0.29) is 5.91 Å². The number of rotatable bonds is 8. The summed E-state index contributed by atoms with van der Waals surface area (Å²) in [4.78, 5) is 22.8. The molecular weight excluding hydrogens is 346 g/mol. The number of hydrogen-bond donors (Lipinski definition) is 2. The van der Waals surface area contributed by atoms with E-state index in [4.69, 9.17) is 9.47 Å². The predicted octanol–water partition coefficient (Wildman–Crippen LogP) is 1.82. The van der Waals surface area contributed by atoms with E-state index in [9.17, 15) is 4.79 Å². The lowest BCUT2D eigenvalue weighted by Gasteiger charge is -2.30. The van der Waals surface area contributed by atoms with Gasteiger partial charge in [0.25, 0.3) is 5.91 Å². The summed E-state index contributed by atoms with van der Waals surface area (Å²) >= 11 is 0. The summed E-state index contributed by atoms with van der Waals surface area (Å²) in [6.45, 7) is 4.27. The molecule has 144 valence electrons. The van der Waals surface area contributed by atoms with Crippen LogP contribution in [0.1, 0.15) is 16.9 Å². The topological polar surface area (TPSA) is 88.6 Å². The van der Waals surface area contributed by atoms with Gasteiger partial charge in [0, 0.05) is 39.4 Å². The van der Waals surface area contributed by atoms with Gasteiger partial charge in [-0.3, -0.25) is 4.79 Å². The summed E-state index contributed by atoms with van der Waals surface area (Å²) in [5, 5.41) is 6.14. The Balaban J connectivity index is 1.68. The van der Waals surface area contributed by atoms with E-state index >= 15 is 0 Å². The van der Waals surface area contributed by atoms with Gasteiger partial charge in [0.05, 0.1) is 24.6 Å². The number of anilines is 3. The number of morpholine rings is 1. The van der Waals surface area contributed by atoms with Gasteiger partial charge in [-0.25, -0.2) is 9.97 Å². The monoisotopic (exact) mass is 371 g/mol. The lowest BCUT2D eigenvalue weighted by molar-refractivity contribution is 0.0943. The fraction of sp³-hybridized carbons (Fsp3) is 0.421. The van der Waals surface area contributed by atoms with Gasteiger partial charge in [-0.2, -0.15) is 0 Å². The summed E-state index contributed by atoms with van der Waals surface area (Å²) in [5.41, 5.74) is 2.35. The van der Waals surface area contributed by atoms with Crippen molar-refractivity contribution >= 4 is 23.1 Å². The predicted molar refractivity (Wildman–Crippen MR) is 104 cm³/mol. The molecule has 8 nitrogen and oxygen atoms in total. The summed E-state index contributed by atoms with van der Waals surface area (Å²) in [5.74, 6) is 0.353. The van der Waals surface area contributed by atoms with Crippen molar-refractivity contribution in [3.8, 4) is 0 Å². The Bertz CT molecular complexity index is 750. The maximum absolute atomic E-state index is 12.2. The summed E-state index contributed by atoms with van der Waals surface area (Å²) < 4.78 is 10.4. The second-order valence-electron chi connectivity index (χ2n) is 6.13. The minimum absolute atomic E-state index is 0.224. The molecule has 0 atom stereocenters. The number of carbonyl (C=O) groups is 1. The number of nitrogens with zero attached hydrogens (tertiary/aromatic N) is 3. The number of hydrogen-bond acceptors (Lipinski definition) is 7. The highest BCUT2D eigenvalue weighted by atomic mass is 16.5. The number of aromatic nitrogens is 2. The van der Waals surface area contributed by atoms with E-state index in [1.807, 2.05) is 18.2 Å². The van der Waals surface area contributed by atoms with E-state index in [2.05, 4.69) is 31.6 Å². The molecule has 2 N–H and O–H groups in total. The lowest BCUT2D eigenvalue weighted by Crippen LogP contribution is -2.36. The van der Waals surface area contributed by atoms with Crippen LogP contribution in [0.4, 0.5) is 17.2 Å². The van der Waals surface area contributed by atoms with E-state index < -0.39 is 0 Å². The molecule has 3 rings (SSSR count). The highest BCUT2D eigenvalue weighted by Gasteiger charge is 2.15. The maximum atomic E-state index is 12.2. The molecule has 0 bridgehead atoms. The molecule has 0 spiro atoms. The Morgan fingerprint density at radius 3 is 2.89 bits per heavy atom. The molecular formula is C19H25N5O3. The third-order valence-corrected chi connectivity index (χ3v) is 4.23. The second-order valence-corrected chi connectivity index (χ2v) is 6.13. The lowest BCUT2D eigenvalue weighted by atomic mass is 10.2. The molecule has 1 aromatic heterocycles. The zero-order chi connectivity index (χ0) is 18.9. The number of carbonyl (C=O) groups excluding carboxylic acids is 1. The van der Waals surface area contributed by atoms with Crippen LogP contribution in [-0.4, -0.2) is 62.4 Å². The Morgan fingerprint density at radius 2 is 2.07 bits per heavy atom.